The van der Waals surface area contributed by atoms with Gasteiger partial charge in [0.1, 0.15) is 0 Å². The lowest BCUT2D eigenvalue weighted by Crippen LogP contribution is -2.47. The second kappa shape index (κ2) is 4.45. The summed E-state index contributed by atoms with van der Waals surface area (Å²) in [7, 11) is 1.71. The Balaban J connectivity index is 2.68. The first-order valence-corrected chi connectivity index (χ1v) is 5.55. The van der Waals surface area contributed by atoms with Gasteiger partial charge in [0, 0.05) is 13.7 Å². The van der Waals surface area contributed by atoms with Gasteiger partial charge in [-0.1, -0.05) is 13.3 Å². The molecule has 1 atom stereocenters. The van der Waals surface area contributed by atoms with Crippen molar-refractivity contribution in [2.45, 2.75) is 45.4 Å². The van der Waals surface area contributed by atoms with Crippen molar-refractivity contribution in [3.05, 3.63) is 0 Å². The number of thiocarbonyl (C=S) groups is 1. The Hall–Kier alpha value is -0.350. The fourth-order valence-electron chi connectivity index (χ4n) is 1.82. The summed E-state index contributed by atoms with van der Waals surface area (Å²) >= 11 is 5.28. The summed E-state index contributed by atoms with van der Waals surface area (Å²) in [5, 5.41) is 4.00. The molecule has 0 aromatic rings. The quantitative estimate of drug-likeness (QED) is 0.723. The molecule has 14 heavy (non-hydrogen) atoms. The minimum absolute atomic E-state index is 0.00635. The van der Waals surface area contributed by atoms with E-state index in [1.807, 2.05) is 0 Å². The van der Waals surface area contributed by atoms with Gasteiger partial charge in [-0.3, -0.25) is 0 Å². The van der Waals surface area contributed by atoms with Crippen LogP contribution in [0.25, 0.3) is 0 Å². The first-order chi connectivity index (χ1) is 6.54. The largest absolute Gasteiger partial charge is 0.359 e. The Kier molecular flexibility index (Phi) is 3.72. The molecule has 1 heterocycles. The van der Waals surface area contributed by atoms with Crippen LogP contribution >= 0.6 is 12.2 Å². The molecule has 1 unspecified atom stereocenters. The van der Waals surface area contributed by atoms with Gasteiger partial charge in [0.2, 0.25) is 0 Å². The van der Waals surface area contributed by atoms with Crippen molar-refractivity contribution in [3.8, 4) is 0 Å². The Morgan fingerprint density at radius 1 is 1.57 bits per heavy atom. The number of ether oxygens (including phenoxy) is 1. The van der Waals surface area contributed by atoms with E-state index in [9.17, 15) is 0 Å². The van der Waals surface area contributed by atoms with Crippen molar-refractivity contribution in [3.63, 3.8) is 0 Å². The van der Waals surface area contributed by atoms with E-state index < -0.39 is 0 Å². The zero-order valence-corrected chi connectivity index (χ0v) is 10.3. The highest BCUT2D eigenvalue weighted by Gasteiger charge is 2.43. The molecule has 1 aliphatic rings. The number of methoxy groups -OCH3 is 1. The third-order valence-electron chi connectivity index (χ3n) is 2.81. The highest BCUT2D eigenvalue weighted by atomic mass is 32.1. The van der Waals surface area contributed by atoms with Gasteiger partial charge in [-0.15, -0.1) is 0 Å². The van der Waals surface area contributed by atoms with Gasteiger partial charge in [-0.2, -0.15) is 0 Å². The lowest BCUT2D eigenvalue weighted by Gasteiger charge is -2.34. The fraction of sp³-hybridized carbons (Fsp3) is 0.900. The Morgan fingerprint density at radius 3 is 2.64 bits per heavy atom. The number of nitrogens with one attached hydrogen (secondary N) is 1. The summed E-state index contributed by atoms with van der Waals surface area (Å²) in [6.45, 7) is 7.51. The smallest absolute Gasteiger partial charge is 0.171 e. The van der Waals surface area contributed by atoms with E-state index in [1.54, 1.807) is 7.11 Å². The predicted molar refractivity (Wildman–Crippen MR) is 62.2 cm³/mol. The molecule has 3 nitrogen and oxygen atoms in total. The lowest BCUT2D eigenvalue weighted by atomic mass is 10.0. The van der Waals surface area contributed by atoms with Crippen LogP contribution < -0.4 is 5.32 Å². The Labute approximate surface area is 91.8 Å². The van der Waals surface area contributed by atoms with Gasteiger partial charge in [-0.05, 0) is 32.5 Å². The van der Waals surface area contributed by atoms with Crippen LogP contribution in [0, 0.1) is 0 Å². The van der Waals surface area contributed by atoms with Gasteiger partial charge >= 0.3 is 0 Å². The van der Waals surface area contributed by atoms with E-state index >= 15 is 0 Å². The number of hydrogen-bond donors (Lipinski definition) is 1. The first-order valence-electron chi connectivity index (χ1n) is 5.15. The van der Waals surface area contributed by atoms with E-state index in [4.69, 9.17) is 17.0 Å². The maximum Gasteiger partial charge on any atom is 0.171 e. The molecular weight excluding hydrogens is 196 g/mol. The highest BCUT2D eigenvalue weighted by Crippen LogP contribution is 2.26. The van der Waals surface area contributed by atoms with Crippen LogP contribution in [-0.4, -0.2) is 35.4 Å². The molecule has 82 valence electrons. The third-order valence-corrected chi connectivity index (χ3v) is 3.15. The highest BCUT2D eigenvalue weighted by molar-refractivity contribution is 7.80. The molecule has 1 N–H and O–H groups in total. The SMILES string of the molecule is CCCCN1C(=S)NC(OC)C1(C)C. The summed E-state index contributed by atoms with van der Waals surface area (Å²) < 4.78 is 5.37. The normalized spacial score (nSPS) is 25.3. The third kappa shape index (κ3) is 2.01. The van der Waals surface area contributed by atoms with Crippen LogP contribution in [0.2, 0.25) is 0 Å². The first kappa shape index (κ1) is 11.7. The number of hydrogen-bond acceptors (Lipinski definition) is 2. The van der Waals surface area contributed by atoms with Crippen LogP contribution in [0.5, 0.6) is 0 Å². The van der Waals surface area contributed by atoms with Crippen LogP contribution in [-0.2, 0) is 4.74 Å². The van der Waals surface area contributed by atoms with Crippen LogP contribution in [0.15, 0.2) is 0 Å². The monoisotopic (exact) mass is 216 g/mol. The van der Waals surface area contributed by atoms with E-state index in [-0.39, 0.29) is 11.8 Å². The number of rotatable bonds is 4. The molecule has 1 aliphatic heterocycles. The molecule has 0 radical (unpaired) electrons. The summed E-state index contributed by atoms with van der Waals surface area (Å²) in [5.41, 5.74) is -0.0407. The molecule has 1 fully saturated rings. The van der Waals surface area contributed by atoms with Gasteiger partial charge in [0.05, 0.1) is 5.54 Å². The van der Waals surface area contributed by atoms with E-state index in [0.29, 0.717) is 0 Å². The summed E-state index contributed by atoms with van der Waals surface area (Å²) in [6, 6.07) is 0. The topological polar surface area (TPSA) is 24.5 Å². The van der Waals surface area contributed by atoms with Crippen molar-refractivity contribution >= 4 is 17.3 Å². The summed E-state index contributed by atoms with van der Waals surface area (Å²) in [5.74, 6) is 0. The number of nitrogens with zero attached hydrogens (tertiary/aromatic N) is 1. The molecule has 1 rings (SSSR count). The molecule has 0 aromatic heterocycles. The molecule has 1 saturated heterocycles. The average molecular weight is 216 g/mol. The van der Waals surface area contributed by atoms with Gasteiger partial charge in [0.15, 0.2) is 11.3 Å². The lowest BCUT2D eigenvalue weighted by molar-refractivity contribution is 0.0128. The van der Waals surface area contributed by atoms with Crippen molar-refractivity contribution in [1.82, 2.24) is 10.2 Å². The van der Waals surface area contributed by atoms with Crippen LogP contribution in [0.4, 0.5) is 0 Å². The number of unbranched alkanes of at least 4 members (excludes halogenated alkanes) is 1. The van der Waals surface area contributed by atoms with E-state index in [2.05, 4.69) is 31.0 Å². The minimum atomic E-state index is -0.0407. The van der Waals surface area contributed by atoms with Crippen LogP contribution in [0.3, 0.4) is 0 Å². The van der Waals surface area contributed by atoms with Crippen molar-refractivity contribution < 1.29 is 4.74 Å². The molecule has 0 saturated carbocycles. The van der Waals surface area contributed by atoms with Crippen molar-refractivity contribution in [2.24, 2.45) is 0 Å². The fourth-order valence-corrected chi connectivity index (χ4v) is 2.26. The minimum Gasteiger partial charge on any atom is -0.359 e. The van der Waals surface area contributed by atoms with Crippen LogP contribution in [0.1, 0.15) is 33.6 Å². The average Bonchev–Trinajstić information content (AvgIpc) is 2.34. The second-order valence-electron chi connectivity index (χ2n) is 4.22. The second-order valence-corrected chi connectivity index (χ2v) is 4.61. The standard InChI is InChI=1S/C10H20N2OS/c1-5-6-7-12-9(14)11-8(13-4)10(12,2)3/h8H,5-7H2,1-4H3,(H,11,14). The van der Waals surface area contributed by atoms with Gasteiger partial charge < -0.3 is 15.0 Å². The van der Waals surface area contributed by atoms with Crippen molar-refractivity contribution in [1.29, 1.82) is 0 Å². The molecule has 0 aromatic carbocycles. The molecule has 0 bridgehead atoms. The van der Waals surface area contributed by atoms with Crippen molar-refractivity contribution in [2.75, 3.05) is 13.7 Å². The Morgan fingerprint density at radius 2 is 2.21 bits per heavy atom. The molecule has 4 heteroatoms. The zero-order valence-electron chi connectivity index (χ0n) is 9.46. The summed E-state index contributed by atoms with van der Waals surface area (Å²) in [4.78, 5) is 2.22. The maximum absolute atomic E-state index is 5.37. The molecule has 0 aliphatic carbocycles. The van der Waals surface area contributed by atoms with Gasteiger partial charge in [0.25, 0.3) is 0 Å². The summed E-state index contributed by atoms with van der Waals surface area (Å²) in [6.07, 6.45) is 2.36. The molecule has 0 spiro atoms. The Bertz CT molecular complexity index is 218. The zero-order chi connectivity index (χ0) is 10.8. The van der Waals surface area contributed by atoms with E-state index in [0.717, 1.165) is 11.7 Å². The predicted octanol–water partition coefficient (Wildman–Crippen LogP) is 1.73. The van der Waals surface area contributed by atoms with E-state index in [1.165, 1.54) is 12.8 Å². The van der Waals surface area contributed by atoms with Gasteiger partial charge in [-0.25, -0.2) is 0 Å². The molecule has 0 amide bonds. The maximum atomic E-state index is 5.37. The molecular formula is C10H20N2OS.